The van der Waals surface area contributed by atoms with Crippen molar-refractivity contribution in [3.63, 3.8) is 0 Å². The summed E-state index contributed by atoms with van der Waals surface area (Å²) in [6, 6.07) is 14.5. The van der Waals surface area contributed by atoms with Crippen molar-refractivity contribution in [1.82, 2.24) is 5.43 Å². The Labute approximate surface area is 127 Å². The summed E-state index contributed by atoms with van der Waals surface area (Å²) < 4.78 is 0. The van der Waals surface area contributed by atoms with Gasteiger partial charge in [-0.05, 0) is 17.7 Å². The Morgan fingerprint density at radius 1 is 1.15 bits per heavy atom. The lowest BCUT2D eigenvalue weighted by Crippen LogP contribution is -2.19. The third-order valence-corrected chi connectivity index (χ3v) is 3.13. The lowest BCUT2D eigenvalue weighted by molar-refractivity contribution is -0.120. The topological polar surface area (TPSA) is 41.5 Å². The van der Waals surface area contributed by atoms with Crippen LogP contribution in [-0.4, -0.2) is 12.1 Å². The zero-order valence-electron chi connectivity index (χ0n) is 10.5. The highest BCUT2D eigenvalue weighted by molar-refractivity contribution is 6.36. The molecular weight excluding hydrogens is 295 g/mol. The van der Waals surface area contributed by atoms with Crippen molar-refractivity contribution in [2.24, 2.45) is 5.10 Å². The molecule has 0 aliphatic heterocycles. The zero-order valence-corrected chi connectivity index (χ0v) is 12.0. The van der Waals surface area contributed by atoms with Crippen molar-refractivity contribution in [2.45, 2.75) is 6.42 Å². The first kappa shape index (κ1) is 14.6. The maximum absolute atomic E-state index is 11.7. The summed E-state index contributed by atoms with van der Waals surface area (Å²) >= 11 is 11.8. The van der Waals surface area contributed by atoms with E-state index in [1.165, 1.54) is 6.21 Å². The average Bonchev–Trinajstić information content (AvgIpc) is 2.42. The van der Waals surface area contributed by atoms with Gasteiger partial charge >= 0.3 is 0 Å². The van der Waals surface area contributed by atoms with Crippen LogP contribution in [0.25, 0.3) is 0 Å². The molecule has 0 spiro atoms. The van der Waals surface area contributed by atoms with E-state index in [-0.39, 0.29) is 12.3 Å². The number of benzene rings is 2. The molecule has 0 aliphatic carbocycles. The molecule has 3 nitrogen and oxygen atoms in total. The van der Waals surface area contributed by atoms with Crippen LogP contribution in [0, 0.1) is 0 Å². The Balaban J connectivity index is 1.91. The number of nitrogens with one attached hydrogen (secondary N) is 1. The second kappa shape index (κ2) is 7.08. The highest BCUT2D eigenvalue weighted by Gasteiger charge is 2.01. The second-order valence-electron chi connectivity index (χ2n) is 4.12. The monoisotopic (exact) mass is 306 g/mol. The quantitative estimate of drug-likeness (QED) is 0.679. The summed E-state index contributed by atoms with van der Waals surface area (Å²) in [4.78, 5) is 11.7. The molecule has 0 fully saturated rings. The minimum Gasteiger partial charge on any atom is -0.273 e. The Bertz CT molecular complexity index is 627. The van der Waals surface area contributed by atoms with Crippen molar-refractivity contribution in [1.29, 1.82) is 0 Å². The van der Waals surface area contributed by atoms with Gasteiger partial charge in [-0.1, -0.05) is 59.6 Å². The average molecular weight is 307 g/mol. The summed E-state index contributed by atoms with van der Waals surface area (Å²) in [5, 5.41) is 4.92. The van der Waals surface area contributed by atoms with Gasteiger partial charge in [0.1, 0.15) is 0 Å². The standard InChI is InChI=1S/C15H12Cl2N2O/c16-13-7-6-12(14(17)9-13)10-18-19-15(20)8-11-4-2-1-3-5-11/h1-7,9-10H,8H2,(H,19,20). The molecule has 2 aromatic carbocycles. The number of carbonyl (C=O) groups is 1. The van der Waals surface area contributed by atoms with Crippen LogP contribution >= 0.6 is 23.2 Å². The third kappa shape index (κ3) is 4.37. The van der Waals surface area contributed by atoms with E-state index in [9.17, 15) is 4.79 Å². The van der Waals surface area contributed by atoms with Gasteiger partial charge in [0.15, 0.2) is 0 Å². The van der Waals surface area contributed by atoms with E-state index in [2.05, 4.69) is 10.5 Å². The number of halogens is 2. The van der Waals surface area contributed by atoms with Crippen LogP contribution in [0.1, 0.15) is 11.1 Å². The van der Waals surface area contributed by atoms with Gasteiger partial charge < -0.3 is 0 Å². The number of hydrogen-bond acceptors (Lipinski definition) is 2. The molecule has 0 radical (unpaired) electrons. The van der Waals surface area contributed by atoms with Gasteiger partial charge in [-0.15, -0.1) is 0 Å². The van der Waals surface area contributed by atoms with E-state index in [1.807, 2.05) is 30.3 Å². The van der Waals surface area contributed by atoms with Crippen LogP contribution in [0.2, 0.25) is 10.0 Å². The first-order valence-corrected chi connectivity index (χ1v) is 6.71. The van der Waals surface area contributed by atoms with E-state index >= 15 is 0 Å². The molecule has 0 saturated heterocycles. The molecule has 0 bridgehead atoms. The second-order valence-corrected chi connectivity index (χ2v) is 4.97. The predicted molar refractivity (Wildman–Crippen MR) is 82.3 cm³/mol. The number of nitrogens with zero attached hydrogens (tertiary/aromatic N) is 1. The Morgan fingerprint density at radius 2 is 1.90 bits per heavy atom. The van der Waals surface area contributed by atoms with Crippen molar-refractivity contribution in [3.8, 4) is 0 Å². The Hall–Kier alpha value is -1.84. The predicted octanol–water partition coefficient (Wildman–Crippen LogP) is 3.69. The minimum absolute atomic E-state index is 0.183. The van der Waals surface area contributed by atoms with E-state index in [0.29, 0.717) is 15.6 Å². The molecule has 2 rings (SSSR count). The molecule has 0 heterocycles. The van der Waals surface area contributed by atoms with Gasteiger partial charge in [-0.2, -0.15) is 5.10 Å². The summed E-state index contributed by atoms with van der Waals surface area (Å²) in [6.45, 7) is 0. The molecule has 0 aromatic heterocycles. The van der Waals surface area contributed by atoms with Gasteiger partial charge in [0.2, 0.25) is 5.91 Å². The van der Waals surface area contributed by atoms with E-state index in [4.69, 9.17) is 23.2 Å². The summed E-state index contributed by atoms with van der Waals surface area (Å²) in [7, 11) is 0. The first-order valence-electron chi connectivity index (χ1n) is 5.96. The molecule has 0 atom stereocenters. The van der Waals surface area contributed by atoms with Crippen LogP contribution in [0.15, 0.2) is 53.6 Å². The molecule has 1 N–H and O–H groups in total. The lowest BCUT2D eigenvalue weighted by atomic mass is 10.1. The van der Waals surface area contributed by atoms with Crippen LogP contribution in [0.4, 0.5) is 0 Å². The fourth-order valence-corrected chi connectivity index (χ4v) is 2.06. The van der Waals surface area contributed by atoms with E-state index in [0.717, 1.165) is 5.56 Å². The third-order valence-electron chi connectivity index (χ3n) is 2.56. The fourth-order valence-electron chi connectivity index (χ4n) is 1.60. The van der Waals surface area contributed by atoms with Gasteiger partial charge in [0.25, 0.3) is 0 Å². The van der Waals surface area contributed by atoms with Crippen LogP contribution < -0.4 is 5.43 Å². The highest BCUT2D eigenvalue weighted by atomic mass is 35.5. The maximum Gasteiger partial charge on any atom is 0.244 e. The smallest absolute Gasteiger partial charge is 0.244 e. The molecule has 0 unspecified atom stereocenters. The van der Waals surface area contributed by atoms with Gasteiger partial charge in [-0.3, -0.25) is 4.79 Å². The SMILES string of the molecule is O=C(Cc1ccccc1)NN=Cc1ccc(Cl)cc1Cl. The fraction of sp³-hybridized carbons (Fsp3) is 0.0667. The summed E-state index contributed by atoms with van der Waals surface area (Å²) in [5.41, 5.74) is 4.09. The molecular formula is C15H12Cl2N2O. The first-order chi connectivity index (χ1) is 9.65. The van der Waals surface area contributed by atoms with Gasteiger partial charge in [-0.25, -0.2) is 5.43 Å². The highest BCUT2D eigenvalue weighted by Crippen LogP contribution is 2.19. The molecule has 0 saturated carbocycles. The van der Waals surface area contributed by atoms with Crippen LogP contribution in [-0.2, 0) is 11.2 Å². The minimum atomic E-state index is -0.183. The van der Waals surface area contributed by atoms with Gasteiger partial charge in [0, 0.05) is 10.6 Å². The van der Waals surface area contributed by atoms with Crippen molar-refractivity contribution < 1.29 is 4.79 Å². The number of hydrogen-bond donors (Lipinski definition) is 1. The van der Waals surface area contributed by atoms with Gasteiger partial charge in [0.05, 0.1) is 17.7 Å². The molecule has 1 amide bonds. The number of amides is 1. The van der Waals surface area contributed by atoms with Crippen molar-refractivity contribution in [3.05, 3.63) is 69.7 Å². The molecule has 20 heavy (non-hydrogen) atoms. The van der Waals surface area contributed by atoms with Crippen molar-refractivity contribution in [2.75, 3.05) is 0 Å². The maximum atomic E-state index is 11.7. The van der Waals surface area contributed by atoms with E-state index in [1.54, 1.807) is 18.2 Å². The number of hydrazone groups is 1. The molecule has 102 valence electrons. The number of carbonyl (C=O) groups excluding carboxylic acids is 1. The largest absolute Gasteiger partial charge is 0.273 e. The lowest BCUT2D eigenvalue weighted by Gasteiger charge is -2.01. The normalized spacial score (nSPS) is 10.7. The van der Waals surface area contributed by atoms with Crippen LogP contribution in [0.3, 0.4) is 0 Å². The summed E-state index contributed by atoms with van der Waals surface area (Å²) in [5.74, 6) is -0.183. The Morgan fingerprint density at radius 3 is 2.60 bits per heavy atom. The molecule has 0 aliphatic rings. The molecule has 5 heteroatoms. The number of rotatable bonds is 4. The molecule has 2 aromatic rings. The Kier molecular flexibility index (Phi) is 5.16. The summed E-state index contributed by atoms with van der Waals surface area (Å²) in [6.07, 6.45) is 1.77. The van der Waals surface area contributed by atoms with Crippen LogP contribution in [0.5, 0.6) is 0 Å². The van der Waals surface area contributed by atoms with Crippen molar-refractivity contribution >= 4 is 35.3 Å². The van der Waals surface area contributed by atoms with E-state index < -0.39 is 0 Å². The zero-order chi connectivity index (χ0) is 14.4.